The van der Waals surface area contributed by atoms with E-state index in [9.17, 15) is 19.2 Å². The molecular formula is C17H13N3O4. The van der Waals surface area contributed by atoms with Crippen molar-refractivity contribution >= 4 is 35.0 Å². The van der Waals surface area contributed by atoms with E-state index in [1.807, 2.05) is 0 Å². The average Bonchev–Trinajstić information content (AvgIpc) is 2.81. The summed E-state index contributed by atoms with van der Waals surface area (Å²) in [5, 5.41) is 7.45. The Morgan fingerprint density at radius 3 is 2.33 bits per heavy atom. The maximum absolute atomic E-state index is 12.3. The van der Waals surface area contributed by atoms with Crippen LogP contribution >= 0.6 is 0 Å². The van der Waals surface area contributed by atoms with Gasteiger partial charge >= 0.3 is 0 Å². The number of benzene rings is 2. The van der Waals surface area contributed by atoms with E-state index >= 15 is 0 Å². The van der Waals surface area contributed by atoms with Gasteiger partial charge in [-0.25, -0.2) is 0 Å². The van der Waals surface area contributed by atoms with Crippen LogP contribution in [0.3, 0.4) is 0 Å². The molecule has 0 spiro atoms. The van der Waals surface area contributed by atoms with Crippen LogP contribution in [0.2, 0.25) is 0 Å². The topological polar surface area (TPSA) is 104 Å². The maximum Gasteiger partial charge on any atom is 0.259 e. The largest absolute Gasteiger partial charge is 0.326 e. The first-order chi connectivity index (χ1) is 11.4. The molecule has 24 heavy (non-hydrogen) atoms. The highest BCUT2D eigenvalue weighted by Gasteiger charge is 2.26. The maximum atomic E-state index is 12.3. The van der Waals surface area contributed by atoms with E-state index in [1.165, 1.54) is 19.1 Å². The molecule has 2 aromatic rings. The smallest absolute Gasteiger partial charge is 0.259 e. The van der Waals surface area contributed by atoms with Crippen LogP contribution in [0.25, 0.3) is 0 Å². The van der Waals surface area contributed by atoms with Crippen molar-refractivity contribution in [3.63, 3.8) is 0 Å². The Balaban J connectivity index is 1.81. The molecule has 0 saturated heterocycles. The van der Waals surface area contributed by atoms with Crippen molar-refractivity contribution in [3.05, 3.63) is 59.2 Å². The summed E-state index contributed by atoms with van der Waals surface area (Å²) in [6.45, 7) is 1.38. The monoisotopic (exact) mass is 323 g/mol. The molecule has 120 valence electrons. The summed E-state index contributed by atoms with van der Waals surface area (Å²) >= 11 is 0. The lowest BCUT2D eigenvalue weighted by Gasteiger charge is -2.08. The number of anilines is 2. The van der Waals surface area contributed by atoms with E-state index in [0.717, 1.165) is 0 Å². The van der Waals surface area contributed by atoms with E-state index in [-0.39, 0.29) is 17.0 Å². The van der Waals surface area contributed by atoms with Gasteiger partial charge in [-0.15, -0.1) is 0 Å². The molecule has 2 aromatic carbocycles. The first kappa shape index (κ1) is 15.4. The first-order valence-corrected chi connectivity index (χ1v) is 7.13. The van der Waals surface area contributed by atoms with Crippen LogP contribution in [0.15, 0.2) is 42.5 Å². The number of carbonyl (C=O) groups is 4. The first-order valence-electron chi connectivity index (χ1n) is 7.13. The normalized spacial score (nSPS) is 12.4. The molecule has 1 aliphatic heterocycles. The molecule has 0 aromatic heterocycles. The molecular weight excluding hydrogens is 310 g/mol. The van der Waals surface area contributed by atoms with E-state index < -0.39 is 17.7 Å². The van der Waals surface area contributed by atoms with Crippen molar-refractivity contribution in [2.75, 3.05) is 10.6 Å². The summed E-state index contributed by atoms with van der Waals surface area (Å²) in [6, 6.07) is 10.9. The fourth-order valence-corrected chi connectivity index (χ4v) is 2.39. The van der Waals surface area contributed by atoms with Gasteiger partial charge < -0.3 is 10.6 Å². The predicted octanol–water partition coefficient (Wildman–Crippen LogP) is 1.78. The zero-order chi connectivity index (χ0) is 17.3. The number of amides is 4. The minimum absolute atomic E-state index is 0.227. The van der Waals surface area contributed by atoms with Gasteiger partial charge in [-0.05, 0) is 36.4 Å². The Hall–Kier alpha value is -3.48. The third-order valence-corrected chi connectivity index (χ3v) is 3.44. The fourth-order valence-electron chi connectivity index (χ4n) is 2.39. The van der Waals surface area contributed by atoms with Crippen molar-refractivity contribution in [2.45, 2.75) is 6.92 Å². The predicted molar refractivity (Wildman–Crippen MR) is 86.9 cm³/mol. The van der Waals surface area contributed by atoms with Crippen LogP contribution in [0.1, 0.15) is 38.0 Å². The van der Waals surface area contributed by atoms with Crippen LogP contribution in [0, 0.1) is 0 Å². The van der Waals surface area contributed by atoms with E-state index in [1.54, 1.807) is 30.3 Å². The fraction of sp³-hybridized carbons (Fsp3) is 0.0588. The summed E-state index contributed by atoms with van der Waals surface area (Å²) < 4.78 is 0. The summed E-state index contributed by atoms with van der Waals surface area (Å²) in [7, 11) is 0. The molecule has 0 bridgehead atoms. The molecule has 3 N–H and O–H groups in total. The number of rotatable bonds is 3. The van der Waals surface area contributed by atoms with Crippen LogP contribution in [0.4, 0.5) is 11.4 Å². The Bertz CT molecular complexity index is 889. The molecule has 1 heterocycles. The molecule has 7 heteroatoms. The summed E-state index contributed by atoms with van der Waals surface area (Å²) in [5.74, 6) is -1.57. The van der Waals surface area contributed by atoms with Crippen molar-refractivity contribution < 1.29 is 19.2 Å². The second kappa shape index (κ2) is 5.96. The molecule has 0 saturated carbocycles. The number of carbonyl (C=O) groups excluding carboxylic acids is 4. The highest BCUT2D eigenvalue weighted by molar-refractivity contribution is 6.22. The summed E-state index contributed by atoms with van der Waals surface area (Å²) in [4.78, 5) is 46.5. The van der Waals surface area contributed by atoms with Gasteiger partial charge in [-0.3, -0.25) is 24.5 Å². The lowest BCUT2D eigenvalue weighted by molar-refractivity contribution is -0.114. The molecule has 1 aliphatic rings. The van der Waals surface area contributed by atoms with Crippen LogP contribution in [-0.4, -0.2) is 23.6 Å². The Labute approximate surface area is 137 Å². The minimum atomic E-state index is -0.487. The molecule has 4 amide bonds. The quantitative estimate of drug-likeness (QED) is 0.749. The van der Waals surface area contributed by atoms with Gasteiger partial charge in [-0.1, -0.05) is 6.07 Å². The molecule has 7 nitrogen and oxygen atoms in total. The highest BCUT2D eigenvalue weighted by atomic mass is 16.2. The minimum Gasteiger partial charge on any atom is -0.326 e. The Morgan fingerprint density at radius 1 is 0.875 bits per heavy atom. The van der Waals surface area contributed by atoms with Gasteiger partial charge in [-0.2, -0.15) is 0 Å². The number of nitrogens with one attached hydrogen (secondary N) is 3. The van der Waals surface area contributed by atoms with Crippen molar-refractivity contribution in [1.29, 1.82) is 0 Å². The molecule has 0 radical (unpaired) electrons. The summed E-state index contributed by atoms with van der Waals surface area (Å²) in [5.41, 5.74) is 1.76. The number of hydrogen-bond donors (Lipinski definition) is 3. The third kappa shape index (κ3) is 3.00. The van der Waals surface area contributed by atoms with Crippen molar-refractivity contribution in [1.82, 2.24) is 5.32 Å². The second-order valence-electron chi connectivity index (χ2n) is 5.26. The number of hydrogen-bond acceptors (Lipinski definition) is 4. The Kier molecular flexibility index (Phi) is 3.83. The Morgan fingerprint density at radius 2 is 1.58 bits per heavy atom. The standard InChI is InChI=1S/C17H13N3O4/c1-9(21)18-11-4-2-3-10(7-11)15(22)19-12-5-6-13-14(8-12)17(24)20-16(13)23/h2-8H,1H3,(H,18,21)(H,19,22)(H,20,23,24). The number of imide groups is 1. The van der Waals surface area contributed by atoms with Crippen LogP contribution in [-0.2, 0) is 4.79 Å². The van der Waals surface area contributed by atoms with Gasteiger partial charge in [0.2, 0.25) is 5.91 Å². The van der Waals surface area contributed by atoms with Gasteiger partial charge in [0.1, 0.15) is 0 Å². The van der Waals surface area contributed by atoms with E-state index in [0.29, 0.717) is 16.9 Å². The average molecular weight is 323 g/mol. The molecule has 3 rings (SSSR count). The van der Waals surface area contributed by atoms with Gasteiger partial charge in [0, 0.05) is 23.9 Å². The van der Waals surface area contributed by atoms with E-state index in [4.69, 9.17) is 0 Å². The van der Waals surface area contributed by atoms with Crippen LogP contribution in [0.5, 0.6) is 0 Å². The highest BCUT2D eigenvalue weighted by Crippen LogP contribution is 2.21. The third-order valence-electron chi connectivity index (χ3n) is 3.44. The van der Waals surface area contributed by atoms with Gasteiger partial charge in [0.25, 0.3) is 17.7 Å². The van der Waals surface area contributed by atoms with Gasteiger partial charge in [0.15, 0.2) is 0 Å². The summed E-state index contributed by atoms with van der Waals surface area (Å²) in [6.07, 6.45) is 0. The second-order valence-corrected chi connectivity index (χ2v) is 5.26. The van der Waals surface area contributed by atoms with Gasteiger partial charge in [0.05, 0.1) is 11.1 Å². The molecule has 0 fully saturated rings. The number of fused-ring (bicyclic) bond motifs is 1. The SMILES string of the molecule is CC(=O)Nc1cccc(C(=O)Nc2ccc3c(c2)C(=O)NC3=O)c1. The zero-order valence-electron chi connectivity index (χ0n) is 12.7. The van der Waals surface area contributed by atoms with Crippen LogP contribution < -0.4 is 16.0 Å². The zero-order valence-corrected chi connectivity index (χ0v) is 12.7. The molecule has 0 aliphatic carbocycles. The van der Waals surface area contributed by atoms with E-state index in [2.05, 4.69) is 16.0 Å². The van der Waals surface area contributed by atoms with Crippen molar-refractivity contribution in [3.8, 4) is 0 Å². The lowest BCUT2D eigenvalue weighted by Crippen LogP contribution is -2.19. The molecule has 0 atom stereocenters. The molecule has 0 unspecified atom stereocenters. The lowest BCUT2D eigenvalue weighted by atomic mass is 10.1. The van der Waals surface area contributed by atoms with Crippen molar-refractivity contribution in [2.24, 2.45) is 0 Å².